The number of aliphatic imine (C=N–C) groups is 1. The number of hydrogen-bond acceptors (Lipinski definition) is 8. The van der Waals surface area contributed by atoms with Crippen LogP contribution in [0.2, 0.25) is 0 Å². The van der Waals surface area contributed by atoms with Gasteiger partial charge in [0.2, 0.25) is 5.95 Å². The van der Waals surface area contributed by atoms with Crippen molar-refractivity contribution in [3.63, 3.8) is 0 Å². The predicted octanol–water partition coefficient (Wildman–Crippen LogP) is 3.04. The van der Waals surface area contributed by atoms with E-state index in [0.717, 1.165) is 18.3 Å². The Morgan fingerprint density at radius 1 is 1.24 bits per heavy atom. The first-order valence-electron chi connectivity index (χ1n) is 11.2. The fourth-order valence-corrected chi connectivity index (χ4v) is 3.85. The molecule has 1 aromatic carbocycles. The number of rotatable bonds is 8. The van der Waals surface area contributed by atoms with Crippen LogP contribution in [0.1, 0.15) is 17.5 Å². The number of carbonyl (C=O) groups excluding carboxylic acids is 1. The van der Waals surface area contributed by atoms with Gasteiger partial charge in [-0.2, -0.15) is 10.1 Å². The number of nitrogens with zero attached hydrogens (tertiary/aromatic N) is 6. The number of nitrogens with two attached hydrogens (primary N) is 1. The number of aromatic nitrogens is 4. The van der Waals surface area contributed by atoms with Crippen molar-refractivity contribution in [3.05, 3.63) is 70.4 Å². The highest BCUT2D eigenvalue weighted by atomic mass is 19.2. The maximum absolute atomic E-state index is 13.9. The third-order valence-electron chi connectivity index (χ3n) is 5.84. The highest BCUT2D eigenvalue weighted by Gasteiger charge is 2.33. The minimum atomic E-state index is -0.998. The molecule has 0 aliphatic carbocycles. The Balaban J connectivity index is 1.58. The van der Waals surface area contributed by atoms with Gasteiger partial charge in [0.15, 0.2) is 29.1 Å². The lowest BCUT2D eigenvalue weighted by molar-refractivity contribution is -0.132. The first-order valence-corrected chi connectivity index (χ1v) is 11.2. The summed E-state index contributed by atoms with van der Waals surface area (Å²) in [5.74, 6) is -2.52. The summed E-state index contributed by atoms with van der Waals surface area (Å²) in [6, 6.07) is 3.05. The summed E-state index contributed by atoms with van der Waals surface area (Å²) >= 11 is 0. The van der Waals surface area contributed by atoms with Gasteiger partial charge in [0.05, 0.1) is 18.8 Å². The van der Waals surface area contributed by atoms with E-state index in [1.807, 2.05) is 0 Å². The number of halogens is 3. The van der Waals surface area contributed by atoms with Crippen molar-refractivity contribution in [2.45, 2.75) is 25.9 Å². The lowest BCUT2D eigenvalue weighted by Crippen LogP contribution is -2.48. The summed E-state index contributed by atoms with van der Waals surface area (Å²) in [4.78, 5) is 27.5. The summed E-state index contributed by atoms with van der Waals surface area (Å²) < 4.78 is 47.5. The predicted molar refractivity (Wildman–Crippen MR) is 130 cm³/mol. The Hall–Kier alpha value is -4.26. The number of aryl methyl sites for hydroxylation is 2. The number of ether oxygens (including phenoxy) is 1. The van der Waals surface area contributed by atoms with Crippen molar-refractivity contribution >= 4 is 29.7 Å². The molecule has 1 amide bonds. The second-order valence-electron chi connectivity index (χ2n) is 8.48. The number of nitrogens with one attached hydrogen (secondary N) is 1. The number of amides is 1. The van der Waals surface area contributed by atoms with Crippen LogP contribution in [-0.4, -0.2) is 56.5 Å². The van der Waals surface area contributed by atoms with Crippen molar-refractivity contribution in [1.82, 2.24) is 24.6 Å². The smallest absolute Gasteiger partial charge is 0.270 e. The minimum absolute atomic E-state index is 0.0271. The molecule has 1 atom stereocenters. The first-order chi connectivity index (χ1) is 17.7. The zero-order valence-electron chi connectivity index (χ0n) is 20.4. The third-order valence-corrected chi connectivity index (χ3v) is 5.84. The van der Waals surface area contributed by atoms with Gasteiger partial charge in [-0.3, -0.25) is 4.79 Å². The average molecular weight is 515 g/mol. The zero-order chi connectivity index (χ0) is 26.7. The number of methoxy groups -OCH3 is 1. The Morgan fingerprint density at radius 3 is 2.70 bits per heavy atom. The highest BCUT2D eigenvalue weighted by molar-refractivity contribution is 6.01. The van der Waals surface area contributed by atoms with Crippen LogP contribution in [0.15, 0.2) is 46.9 Å². The number of carbonyl (C=O) groups is 1. The average Bonchev–Trinajstić information content (AvgIpc) is 3.18. The molecule has 0 saturated heterocycles. The van der Waals surface area contributed by atoms with E-state index in [0.29, 0.717) is 28.9 Å². The lowest BCUT2D eigenvalue weighted by Gasteiger charge is -2.36. The maximum Gasteiger partial charge on any atom is 0.270 e. The first kappa shape index (κ1) is 25.8. The van der Waals surface area contributed by atoms with Crippen LogP contribution in [0.5, 0.6) is 0 Å². The summed E-state index contributed by atoms with van der Waals surface area (Å²) in [7, 11) is 3.07. The molecule has 0 saturated carbocycles. The molecule has 3 heterocycles. The quantitative estimate of drug-likeness (QED) is 0.443. The summed E-state index contributed by atoms with van der Waals surface area (Å²) in [6.07, 6.45) is 4.36. The lowest BCUT2D eigenvalue weighted by atomic mass is 9.97. The minimum Gasteiger partial charge on any atom is -0.394 e. The molecule has 0 unspecified atom stereocenters. The SMILES string of the molecule is COC[C@H]1CC(C=Nc2nc(Nc3c(F)cnn3C)ncc2C)=C(N)C(=O)N1Cc1ccc(F)c(F)c1. The Bertz CT molecular complexity index is 1370. The molecule has 0 radical (unpaired) electrons. The van der Waals surface area contributed by atoms with Gasteiger partial charge in [-0.1, -0.05) is 6.07 Å². The van der Waals surface area contributed by atoms with E-state index in [-0.39, 0.29) is 30.6 Å². The van der Waals surface area contributed by atoms with Gasteiger partial charge in [-0.15, -0.1) is 0 Å². The van der Waals surface area contributed by atoms with Gasteiger partial charge in [-0.25, -0.2) is 27.8 Å². The van der Waals surface area contributed by atoms with Gasteiger partial charge in [0.25, 0.3) is 5.91 Å². The van der Waals surface area contributed by atoms with E-state index in [4.69, 9.17) is 10.5 Å². The maximum atomic E-state index is 13.9. The zero-order valence-corrected chi connectivity index (χ0v) is 20.4. The molecule has 0 bridgehead atoms. The van der Waals surface area contributed by atoms with Gasteiger partial charge < -0.3 is 20.7 Å². The molecule has 2 aromatic heterocycles. The molecular formula is C24H25F3N8O2. The third kappa shape index (κ3) is 5.61. The topological polar surface area (TPSA) is 124 Å². The molecule has 3 N–H and O–H groups in total. The van der Waals surface area contributed by atoms with E-state index in [1.165, 1.54) is 35.2 Å². The summed E-state index contributed by atoms with van der Waals surface area (Å²) in [5.41, 5.74) is 7.66. The van der Waals surface area contributed by atoms with Crippen LogP contribution >= 0.6 is 0 Å². The van der Waals surface area contributed by atoms with Crippen molar-refractivity contribution in [2.24, 2.45) is 17.8 Å². The molecular weight excluding hydrogens is 489 g/mol. The van der Waals surface area contributed by atoms with Crippen LogP contribution < -0.4 is 11.1 Å². The van der Waals surface area contributed by atoms with Crippen molar-refractivity contribution in [1.29, 1.82) is 0 Å². The van der Waals surface area contributed by atoms with Crippen LogP contribution in [0.3, 0.4) is 0 Å². The molecule has 4 rings (SSSR count). The van der Waals surface area contributed by atoms with Crippen molar-refractivity contribution in [3.8, 4) is 0 Å². The second-order valence-corrected chi connectivity index (χ2v) is 8.48. The fourth-order valence-electron chi connectivity index (χ4n) is 3.85. The molecule has 3 aromatic rings. The van der Waals surface area contributed by atoms with Gasteiger partial charge >= 0.3 is 0 Å². The summed E-state index contributed by atoms with van der Waals surface area (Å²) in [6.45, 7) is 1.97. The number of anilines is 2. The fraction of sp³-hybridized carbons (Fsp3) is 0.292. The molecule has 10 nitrogen and oxygen atoms in total. The van der Waals surface area contributed by atoms with Crippen LogP contribution in [-0.2, 0) is 23.1 Å². The van der Waals surface area contributed by atoms with Gasteiger partial charge in [0.1, 0.15) is 5.70 Å². The molecule has 37 heavy (non-hydrogen) atoms. The number of hydrogen-bond donors (Lipinski definition) is 2. The Kier molecular flexibility index (Phi) is 7.53. The van der Waals surface area contributed by atoms with Crippen molar-refractivity contribution in [2.75, 3.05) is 19.0 Å². The van der Waals surface area contributed by atoms with E-state index < -0.39 is 29.4 Å². The van der Waals surface area contributed by atoms with E-state index in [9.17, 15) is 18.0 Å². The monoisotopic (exact) mass is 514 g/mol. The Morgan fingerprint density at radius 2 is 2.03 bits per heavy atom. The normalized spacial score (nSPS) is 16.2. The highest BCUT2D eigenvalue weighted by Crippen LogP contribution is 2.26. The molecule has 1 aliphatic heterocycles. The van der Waals surface area contributed by atoms with E-state index in [2.05, 4.69) is 25.4 Å². The summed E-state index contributed by atoms with van der Waals surface area (Å²) in [5, 5.41) is 6.59. The second kappa shape index (κ2) is 10.8. The standard InChI is InChI=1S/C24H25F3N8O2/c1-13-8-30-24(33-22-19(27)10-31-34(22)2)32-21(13)29-9-15-7-16(12-37-3)35(23(36)20(15)28)11-14-4-5-17(25)18(26)6-14/h4-6,8-10,16H,7,11-12,28H2,1-3H3,(H,30,32,33)/t16-/m1/s1. The van der Waals surface area contributed by atoms with Crippen LogP contribution in [0, 0.1) is 24.4 Å². The molecule has 1 aliphatic rings. The molecule has 13 heteroatoms. The van der Waals surface area contributed by atoms with E-state index >= 15 is 0 Å². The van der Waals surface area contributed by atoms with Gasteiger partial charge in [-0.05, 0) is 31.0 Å². The van der Waals surface area contributed by atoms with Crippen LogP contribution in [0.4, 0.5) is 30.8 Å². The Labute approximate surface area is 210 Å². The van der Waals surface area contributed by atoms with Crippen molar-refractivity contribution < 1.29 is 22.7 Å². The number of benzene rings is 1. The molecule has 0 spiro atoms. The van der Waals surface area contributed by atoms with Gasteiger partial charge in [0, 0.05) is 44.3 Å². The largest absolute Gasteiger partial charge is 0.394 e. The van der Waals surface area contributed by atoms with E-state index in [1.54, 1.807) is 14.0 Å². The molecule has 194 valence electrons. The van der Waals surface area contributed by atoms with Crippen LogP contribution in [0.25, 0.3) is 0 Å². The molecule has 0 fully saturated rings.